The monoisotopic (exact) mass is 591 g/mol. The van der Waals surface area contributed by atoms with Crippen molar-refractivity contribution in [1.29, 1.82) is 0 Å². The largest absolute Gasteiger partial charge is 0.298 e. The van der Waals surface area contributed by atoms with Crippen molar-refractivity contribution in [2.45, 2.75) is 44.1 Å². The summed E-state index contributed by atoms with van der Waals surface area (Å²) in [5.41, 5.74) is 6.35. The van der Waals surface area contributed by atoms with E-state index in [1.807, 2.05) is 61.8 Å². The predicted octanol–water partition coefficient (Wildman–Crippen LogP) is 5.84. The van der Waals surface area contributed by atoms with E-state index in [0.29, 0.717) is 12.2 Å². The molecule has 5 aromatic heterocycles. The fraction of sp³-hybridized carbons (Fsp3) is 0.200. The summed E-state index contributed by atoms with van der Waals surface area (Å²) in [5.74, 6) is 1.44. The lowest BCUT2D eigenvalue weighted by Gasteiger charge is -2.14. The first-order valence-electron chi connectivity index (χ1n) is 15.1. The highest BCUT2D eigenvalue weighted by molar-refractivity contribution is 5.80. The van der Waals surface area contributed by atoms with E-state index < -0.39 is 0 Å². The Hall–Kier alpha value is -5.64. The number of hydrogen-bond acceptors (Lipinski definition) is 8. The van der Waals surface area contributed by atoms with E-state index in [-0.39, 0.29) is 23.7 Å². The van der Waals surface area contributed by atoms with Crippen LogP contribution in [-0.4, -0.2) is 50.3 Å². The van der Waals surface area contributed by atoms with Gasteiger partial charge in [-0.2, -0.15) is 14.7 Å². The molecule has 1 aliphatic rings. The van der Waals surface area contributed by atoms with Gasteiger partial charge >= 0.3 is 0 Å². The zero-order valence-electron chi connectivity index (χ0n) is 24.7. The van der Waals surface area contributed by atoms with Crippen molar-refractivity contribution in [3.05, 3.63) is 121 Å². The third-order valence-electron chi connectivity index (χ3n) is 8.66. The second kappa shape index (κ2) is 10.8. The van der Waals surface area contributed by atoms with E-state index in [2.05, 4.69) is 60.6 Å². The minimum atomic E-state index is -0.250. The summed E-state index contributed by atoms with van der Waals surface area (Å²) in [6.07, 6.45) is 11.3. The first-order chi connectivity index (χ1) is 22.1. The van der Waals surface area contributed by atoms with Gasteiger partial charge in [0.2, 0.25) is 0 Å². The van der Waals surface area contributed by atoms with Crippen molar-refractivity contribution in [1.82, 2.24) is 44.5 Å². The van der Waals surface area contributed by atoms with Gasteiger partial charge in [0, 0.05) is 53.1 Å². The third-order valence-corrected chi connectivity index (χ3v) is 8.66. The fourth-order valence-corrected chi connectivity index (χ4v) is 6.08. The molecule has 8 rings (SSSR count). The lowest BCUT2D eigenvalue weighted by molar-refractivity contribution is -0.120. The van der Waals surface area contributed by atoms with Crippen LogP contribution >= 0.6 is 0 Å². The summed E-state index contributed by atoms with van der Waals surface area (Å²) >= 11 is 0. The molecule has 0 saturated heterocycles. The van der Waals surface area contributed by atoms with Crippen LogP contribution in [0.2, 0.25) is 0 Å². The molecule has 7 aromatic rings. The number of ketones is 1. The third kappa shape index (κ3) is 5.04. The smallest absolute Gasteiger partial charge is 0.271 e. The molecule has 1 saturated carbocycles. The quantitative estimate of drug-likeness (QED) is 0.206. The molecule has 1 aliphatic carbocycles. The Morgan fingerprint density at radius 3 is 2.62 bits per heavy atom. The Morgan fingerprint density at radius 1 is 0.867 bits per heavy atom. The van der Waals surface area contributed by atoms with Crippen molar-refractivity contribution in [3.63, 3.8) is 0 Å². The van der Waals surface area contributed by atoms with Crippen molar-refractivity contribution in [2.24, 2.45) is 0 Å². The van der Waals surface area contributed by atoms with Crippen molar-refractivity contribution in [3.8, 4) is 22.4 Å². The van der Waals surface area contributed by atoms with Crippen molar-refractivity contribution < 1.29 is 4.79 Å². The molecule has 0 bridgehead atoms. The minimum absolute atomic E-state index is 0.0507. The Kier molecular flexibility index (Phi) is 6.48. The number of carbonyl (C=O) groups is 1. The number of nitrogens with zero attached hydrogens (tertiary/aromatic N) is 9. The highest BCUT2D eigenvalue weighted by Crippen LogP contribution is 2.53. The molecule has 0 radical (unpaired) electrons. The number of Topliss-reactive ketones (excluding diaryl/α,β-unsaturated/α-hetero) is 1. The molecular formula is C35H29N9O. The Labute approximate surface area is 258 Å². The highest BCUT2D eigenvalue weighted by Gasteiger charge is 2.50. The van der Waals surface area contributed by atoms with Crippen molar-refractivity contribution >= 4 is 22.5 Å². The summed E-state index contributed by atoms with van der Waals surface area (Å²) in [5, 5.41) is 19.5. The molecule has 1 unspecified atom stereocenters. The number of carbonyl (C=O) groups excluding carboxylic acids is 1. The van der Waals surface area contributed by atoms with Gasteiger partial charge in [0.1, 0.15) is 5.69 Å². The van der Waals surface area contributed by atoms with E-state index in [0.717, 1.165) is 57.6 Å². The summed E-state index contributed by atoms with van der Waals surface area (Å²) < 4.78 is 3.49. The second-order valence-corrected chi connectivity index (χ2v) is 11.8. The highest BCUT2D eigenvalue weighted by atomic mass is 16.1. The molecule has 0 amide bonds. The normalized spacial score (nSPS) is 14.5. The molecule has 5 heterocycles. The lowest BCUT2D eigenvalue weighted by Crippen LogP contribution is -2.15. The van der Waals surface area contributed by atoms with E-state index in [4.69, 9.17) is 5.10 Å². The molecule has 10 nitrogen and oxygen atoms in total. The predicted molar refractivity (Wildman–Crippen MR) is 169 cm³/mol. The van der Waals surface area contributed by atoms with E-state index in [1.165, 1.54) is 5.56 Å². The average Bonchev–Trinajstić information content (AvgIpc) is 3.55. The standard InChI is InChI=1S/C35H29N9O/c1-23(30-9-2-3-14-36-30)16-29(45)22-43-21-27(19-39-43)24-6-4-7-25(17-24)32-20-38-34-41-40-33(44(34)42-32)35(12-13-35)28-10-11-31-26(18-28)8-5-15-37-31/h2-11,14-15,17-21,23H,12-13,16,22H2,1H3. The zero-order chi connectivity index (χ0) is 30.4. The Bertz CT molecular complexity index is 2180. The molecule has 0 N–H and O–H groups in total. The number of pyridine rings is 2. The number of aromatic nitrogens is 9. The number of hydrogen-bond donors (Lipinski definition) is 0. The summed E-state index contributed by atoms with van der Waals surface area (Å²) in [6, 6.07) is 24.3. The van der Waals surface area contributed by atoms with E-state index in [1.54, 1.807) is 27.8 Å². The van der Waals surface area contributed by atoms with Gasteiger partial charge in [-0.1, -0.05) is 43.3 Å². The molecule has 1 atom stereocenters. The SMILES string of the molecule is CC(CC(=O)Cn1cc(-c2cccc(-c3cnc4nnc(C5(c6ccc7ncccc7c6)CC5)n4n3)c2)cn1)c1ccccn1. The summed E-state index contributed by atoms with van der Waals surface area (Å²) in [7, 11) is 0. The first-order valence-corrected chi connectivity index (χ1v) is 15.1. The van der Waals surface area contributed by atoms with E-state index >= 15 is 0 Å². The van der Waals surface area contributed by atoms with Crippen LogP contribution in [0, 0.1) is 0 Å². The maximum Gasteiger partial charge on any atom is 0.271 e. The Balaban J connectivity index is 1.04. The van der Waals surface area contributed by atoms with Crippen molar-refractivity contribution in [2.75, 3.05) is 0 Å². The second-order valence-electron chi connectivity index (χ2n) is 11.8. The van der Waals surface area contributed by atoms with E-state index in [9.17, 15) is 4.79 Å². The molecule has 45 heavy (non-hydrogen) atoms. The van der Waals surface area contributed by atoms with Gasteiger partial charge in [-0.25, -0.2) is 4.98 Å². The van der Waals surface area contributed by atoms with Gasteiger partial charge in [0.05, 0.1) is 29.9 Å². The maximum absolute atomic E-state index is 12.8. The van der Waals surface area contributed by atoms with Crippen LogP contribution in [0.15, 0.2) is 104 Å². The van der Waals surface area contributed by atoms with Crippen LogP contribution in [-0.2, 0) is 16.8 Å². The van der Waals surface area contributed by atoms with Crippen LogP contribution in [0.3, 0.4) is 0 Å². The molecule has 0 spiro atoms. The van der Waals surface area contributed by atoms with Gasteiger partial charge in [-0.15, -0.1) is 10.2 Å². The van der Waals surface area contributed by atoms with Gasteiger partial charge < -0.3 is 0 Å². The topological polar surface area (TPSA) is 117 Å². The molecule has 10 heteroatoms. The van der Waals surface area contributed by atoms with Gasteiger partial charge in [-0.3, -0.25) is 19.4 Å². The molecular weight excluding hydrogens is 562 g/mol. The summed E-state index contributed by atoms with van der Waals surface area (Å²) in [6.45, 7) is 2.24. The van der Waals surface area contributed by atoms with Gasteiger partial charge in [0.15, 0.2) is 11.6 Å². The molecule has 1 fully saturated rings. The number of fused-ring (bicyclic) bond motifs is 2. The molecule has 2 aromatic carbocycles. The fourth-order valence-electron chi connectivity index (χ4n) is 6.08. The van der Waals surface area contributed by atoms with Crippen LogP contribution in [0.1, 0.15) is 49.2 Å². The molecule has 0 aliphatic heterocycles. The lowest BCUT2D eigenvalue weighted by atomic mass is 9.94. The van der Waals surface area contributed by atoms with Crippen LogP contribution in [0.5, 0.6) is 0 Å². The number of benzene rings is 2. The van der Waals surface area contributed by atoms with Gasteiger partial charge in [-0.05, 0) is 60.4 Å². The average molecular weight is 592 g/mol. The van der Waals surface area contributed by atoms with Crippen LogP contribution in [0.25, 0.3) is 39.1 Å². The minimum Gasteiger partial charge on any atom is -0.298 e. The molecule has 220 valence electrons. The van der Waals surface area contributed by atoms with Crippen LogP contribution in [0.4, 0.5) is 0 Å². The van der Waals surface area contributed by atoms with Gasteiger partial charge in [0.25, 0.3) is 5.78 Å². The Morgan fingerprint density at radius 2 is 1.76 bits per heavy atom. The first kappa shape index (κ1) is 26.9. The zero-order valence-corrected chi connectivity index (χ0v) is 24.7. The summed E-state index contributed by atoms with van der Waals surface area (Å²) in [4.78, 5) is 26.3. The number of rotatable bonds is 9. The van der Waals surface area contributed by atoms with Crippen LogP contribution < -0.4 is 0 Å². The maximum atomic E-state index is 12.8.